The SMILES string of the molecule is O=C(c1coc2ccccc12)N(CCO)C1CCCCC1. The van der Waals surface area contributed by atoms with E-state index in [4.69, 9.17) is 4.42 Å². The molecule has 1 aliphatic rings. The van der Waals surface area contributed by atoms with Crippen LogP contribution in [0.2, 0.25) is 0 Å². The van der Waals surface area contributed by atoms with E-state index in [2.05, 4.69) is 0 Å². The zero-order valence-electron chi connectivity index (χ0n) is 12.1. The zero-order chi connectivity index (χ0) is 14.7. The summed E-state index contributed by atoms with van der Waals surface area (Å²) < 4.78 is 5.48. The summed E-state index contributed by atoms with van der Waals surface area (Å²) in [4.78, 5) is 14.7. The van der Waals surface area contributed by atoms with Crippen molar-refractivity contribution in [3.05, 3.63) is 36.1 Å². The van der Waals surface area contributed by atoms with Gasteiger partial charge in [-0.15, -0.1) is 0 Å². The molecule has 0 radical (unpaired) electrons. The van der Waals surface area contributed by atoms with Crippen LogP contribution in [0.1, 0.15) is 42.5 Å². The molecule has 0 aliphatic heterocycles. The van der Waals surface area contributed by atoms with Crippen LogP contribution in [-0.2, 0) is 0 Å². The molecule has 0 bridgehead atoms. The average molecular weight is 287 g/mol. The summed E-state index contributed by atoms with van der Waals surface area (Å²) in [6, 6.07) is 7.82. The van der Waals surface area contributed by atoms with Gasteiger partial charge in [0.25, 0.3) is 5.91 Å². The molecule has 1 amide bonds. The van der Waals surface area contributed by atoms with E-state index in [9.17, 15) is 9.90 Å². The smallest absolute Gasteiger partial charge is 0.258 e. The van der Waals surface area contributed by atoms with Crippen molar-refractivity contribution in [3.8, 4) is 0 Å². The van der Waals surface area contributed by atoms with Gasteiger partial charge in [0, 0.05) is 18.0 Å². The van der Waals surface area contributed by atoms with Crippen molar-refractivity contribution >= 4 is 16.9 Å². The number of aliphatic hydroxyl groups excluding tert-OH is 1. The van der Waals surface area contributed by atoms with E-state index < -0.39 is 0 Å². The first-order valence-electron chi connectivity index (χ1n) is 7.69. The Morgan fingerprint density at radius 1 is 1.24 bits per heavy atom. The number of hydrogen-bond donors (Lipinski definition) is 1. The highest BCUT2D eigenvalue weighted by Crippen LogP contribution is 2.27. The molecule has 2 aromatic rings. The molecule has 112 valence electrons. The second-order valence-corrected chi connectivity index (χ2v) is 5.66. The molecule has 4 nitrogen and oxygen atoms in total. The minimum atomic E-state index is -0.0269. The van der Waals surface area contributed by atoms with Gasteiger partial charge in [-0.25, -0.2) is 0 Å². The van der Waals surface area contributed by atoms with Crippen molar-refractivity contribution in [3.63, 3.8) is 0 Å². The molecule has 1 saturated carbocycles. The standard InChI is InChI=1S/C17H21NO3/c19-11-10-18(13-6-2-1-3-7-13)17(20)15-12-21-16-9-5-4-8-14(15)16/h4-5,8-9,12-13,19H,1-3,6-7,10-11H2. The minimum absolute atomic E-state index is 0.00196. The van der Waals surface area contributed by atoms with Gasteiger partial charge in [0.1, 0.15) is 11.8 Å². The third-order valence-corrected chi connectivity index (χ3v) is 4.33. The number of rotatable bonds is 4. The van der Waals surface area contributed by atoms with Gasteiger partial charge in [-0.3, -0.25) is 4.79 Å². The first kappa shape index (κ1) is 14.1. The summed E-state index contributed by atoms with van der Waals surface area (Å²) >= 11 is 0. The number of carbonyl (C=O) groups excluding carboxylic acids is 1. The maximum absolute atomic E-state index is 12.9. The number of fused-ring (bicyclic) bond motifs is 1. The van der Waals surface area contributed by atoms with Crippen LogP contribution < -0.4 is 0 Å². The lowest BCUT2D eigenvalue weighted by atomic mass is 9.93. The zero-order valence-corrected chi connectivity index (χ0v) is 12.1. The number of para-hydroxylation sites is 1. The van der Waals surface area contributed by atoms with Gasteiger partial charge in [0.05, 0.1) is 12.2 Å². The Morgan fingerprint density at radius 3 is 2.76 bits per heavy atom. The highest BCUT2D eigenvalue weighted by Gasteiger charge is 2.27. The lowest BCUT2D eigenvalue weighted by molar-refractivity contribution is 0.0586. The fraction of sp³-hybridized carbons (Fsp3) is 0.471. The number of amides is 1. The topological polar surface area (TPSA) is 53.7 Å². The van der Waals surface area contributed by atoms with Gasteiger partial charge >= 0.3 is 0 Å². The van der Waals surface area contributed by atoms with Gasteiger partial charge in [0.2, 0.25) is 0 Å². The highest BCUT2D eigenvalue weighted by molar-refractivity contribution is 6.06. The summed E-state index contributed by atoms with van der Waals surface area (Å²) in [7, 11) is 0. The fourth-order valence-corrected chi connectivity index (χ4v) is 3.25. The molecule has 1 aromatic carbocycles. The van der Waals surface area contributed by atoms with Crippen LogP contribution in [0.5, 0.6) is 0 Å². The number of furan rings is 1. The van der Waals surface area contributed by atoms with Crippen molar-refractivity contribution in [1.82, 2.24) is 4.90 Å². The summed E-state index contributed by atoms with van der Waals surface area (Å²) in [5.41, 5.74) is 1.33. The van der Waals surface area contributed by atoms with Gasteiger partial charge < -0.3 is 14.4 Å². The van der Waals surface area contributed by atoms with E-state index >= 15 is 0 Å². The van der Waals surface area contributed by atoms with Crippen molar-refractivity contribution in [2.24, 2.45) is 0 Å². The molecular weight excluding hydrogens is 266 g/mol. The Morgan fingerprint density at radius 2 is 2.00 bits per heavy atom. The number of hydrogen-bond acceptors (Lipinski definition) is 3. The van der Waals surface area contributed by atoms with Gasteiger partial charge in [-0.1, -0.05) is 37.5 Å². The summed E-state index contributed by atoms with van der Waals surface area (Å²) in [6.07, 6.45) is 7.16. The van der Waals surface area contributed by atoms with Crippen molar-refractivity contribution in [1.29, 1.82) is 0 Å². The maximum Gasteiger partial charge on any atom is 0.258 e. The fourth-order valence-electron chi connectivity index (χ4n) is 3.25. The molecule has 1 heterocycles. The van der Waals surface area contributed by atoms with E-state index in [1.807, 2.05) is 29.2 Å². The molecule has 0 atom stereocenters. The maximum atomic E-state index is 12.9. The van der Waals surface area contributed by atoms with Crippen LogP contribution in [0.25, 0.3) is 11.0 Å². The largest absolute Gasteiger partial charge is 0.463 e. The lowest BCUT2D eigenvalue weighted by Crippen LogP contribution is -2.43. The molecule has 0 spiro atoms. The Kier molecular flexibility index (Phi) is 4.25. The van der Waals surface area contributed by atoms with E-state index in [0.29, 0.717) is 12.1 Å². The Balaban J connectivity index is 1.89. The van der Waals surface area contributed by atoms with Gasteiger partial charge in [-0.2, -0.15) is 0 Å². The third kappa shape index (κ3) is 2.81. The average Bonchev–Trinajstić information content (AvgIpc) is 2.97. The predicted molar refractivity (Wildman–Crippen MR) is 81.2 cm³/mol. The quantitative estimate of drug-likeness (QED) is 0.939. The lowest BCUT2D eigenvalue weighted by Gasteiger charge is -2.33. The van der Waals surface area contributed by atoms with Crippen LogP contribution >= 0.6 is 0 Å². The summed E-state index contributed by atoms with van der Waals surface area (Å²) in [5, 5.41) is 10.2. The molecule has 4 heteroatoms. The molecular formula is C17H21NO3. The third-order valence-electron chi connectivity index (χ3n) is 4.33. The monoisotopic (exact) mass is 287 g/mol. The first-order chi connectivity index (χ1) is 10.3. The first-order valence-corrected chi connectivity index (χ1v) is 7.69. The molecule has 0 saturated heterocycles. The second kappa shape index (κ2) is 6.31. The number of aliphatic hydroxyl groups is 1. The normalized spacial score (nSPS) is 16.2. The van der Waals surface area contributed by atoms with Gasteiger partial charge in [0.15, 0.2) is 0 Å². The van der Waals surface area contributed by atoms with Crippen LogP contribution in [0.15, 0.2) is 34.9 Å². The van der Waals surface area contributed by atoms with Crippen LogP contribution in [0, 0.1) is 0 Å². The summed E-state index contributed by atoms with van der Waals surface area (Å²) in [6.45, 7) is 0.390. The van der Waals surface area contributed by atoms with E-state index in [0.717, 1.165) is 36.7 Å². The molecule has 1 aromatic heterocycles. The Bertz CT molecular complexity index is 613. The van der Waals surface area contributed by atoms with Crippen molar-refractivity contribution in [2.45, 2.75) is 38.1 Å². The second-order valence-electron chi connectivity index (χ2n) is 5.66. The van der Waals surface area contributed by atoms with Crippen molar-refractivity contribution < 1.29 is 14.3 Å². The van der Waals surface area contributed by atoms with E-state index in [1.165, 1.54) is 6.42 Å². The number of carbonyl (C=O) groups is 1. The highest BCUT2D eigenvalue weighted by atomic mass is 16.3. The molecule has 1 aliphatic carbocycles. The van der Waals surface area contributed by atoms with Crippen molar-refractivity contribution in [2.75, 3.05) is 13.2 Å². The van der Waals surface area contributed by atoms with Gasteiger partial charge in [-0.05, 0) is 18.9 Å². The van der Waals surface area contributed by atoms with Crippen LogP contribution in [0.4, 0.5) is 0 Å². The van der Waals surface area contributed by atoms with E-state index in [-0.39, 0.29) is 18.6 Å². The molecule has 1 N–H and O–H groups in total. The molecule has 21 heavy (non-hydrogen) atoms. The van der Waals surface area contributed by atoms with Crippen LogP contribution in [-0.4, -0.2) is 35.1 Å². The molecule has 3 rings (SSSR count). The summed E-state index contributed by atoms with van der Waals surface area (Å²) in [5.74, 6) is -0.0269. The molecule has 1 fully saturated rings. The number of nitrogens with zero attached hydrogens (tertiary/aromatic N) is 1. The Labute approximate surface area is 124 Å². The minimum Gasteiger partial charge on any atom is -0.463 e. The number of benzene rings is 1. The molecule has 0 unspecified atom stereocenters. The van der Waals surface area contributed by atoms with E-state index in [1.54, 1.807) is 6.26 Å². The van der Waals surface area contributed by atoms with Crippen LogP contribution in [0.3, 0.4) is 0 Å². The predicted octanol–water partition coefficient (Wildman–Crippen LogP) is 3.20. The Hall–Kier alpha value is -1.81.